The molecule has 1 N–H and O–H groups in total. The van der Waals surface area contributed by atoms with Crippen molar-refractivity contribution >= 4 is 5.97 Å². The molecule has 1 rings (SSSR count). The highest BCUT2D eigenvalue weighted by Gasteiger charge is 2.14. The van der Waals surface area contributed by atoms with E-state index in [-0.39, 0.29) is 6.61 Å². The molecule has 0 spiro atoms. The van der Waals surface area contributed by atoms with E-state index in [0.717, 1.165) is 0 Å². The predicted molar refractivity (Wildman–Crippen MR) is 54.3 cm³/mol. The second-order valence-electron chi connectivity index (χ2n) is 2.89. The van der Waals surface area contributed by atoms with Gasteiger partial charge in [-0.05, 0) is 12.1 Å². The Morgan fingerprint density at radius 1 is 1.44 bits per heavy atom. The summed E-state index contributed by atoms with van der Waals surface area (Å²) in [6.07, 6.45) is -1.53. The molecular formula is C11H11FO4. The van der Waals surface area contributed by atoms with Gasteiger partial charge < -0.3 is 14.6 Å². The van der Waals surface area contributed by atoms with Gasteiger partial charge in [0, 0.05) is 0 Å². The third kappa shape index (κ3) is 4.10. The molecule has 1 unspecified atom stereocenters. The maximum atomic E-state index is 12.2. The van der Waals surface area contributed by atoms with Crippen LogP contribution in [0.1, 0.15) is 0 Å². The molecule has 0 aliphatic rings. The number of benzene rings is 1. The number of carbonyl (C=O) groups excluding carboxylic acids is 1. The van der Waals surface area contributed by atoms with Gasteiger partial charge in [-0.3, -0.25) is 0 Å². The Kier molecular flexibility index (Phi) is 4.47. The minimum Gasteiger partial charge on any atom is -0.487 e. The van der Waals surface area contributed by atoms with Gasteiger partial charge in [-0.1, -0.05) is 24.8 Å². The molecule has 86 valence electrons. The van der Waals surface area contributed by atoms with Crippen LogP contribution >= 0.6 is 0 Å². The molecule has 0 fully saturated rings. The van der Waals surface area contributed by atoms with Gasteiger partial charge in [-0.2, -0.15) is 4.39 Å². The summed E-state index contributed by atoms with van der Waals surface area (Å²) in [5, 5.41) is 9.15. The van der Waals surface area contributed by atoms with E-state index < -0.39 is 18.1 Å². The Morgan fingerprint density at radius 2 is 2.06 bits per heavy atom. The number of carbonyl (C=O) groups is 1. The number of para-hydroxylation sites is 1. The quantitative estimate of drug-likeness (QED) is 0.468. The summed E-state index contributed by atoms with van der Waals surface area (Å²) in [6.45, 7) is 2.46. The molecular weight excluding hydrogens is 215 g/mol. The molecule has 0 saturated carbocycles. The summed E-state index contributed by atoms with van der Waals surface area (Å²) in [5.41, 5.74) is 0. The van der Waals surface area contributed by atoms with E-state index in [0.29, 0.717) is 5.75 Å². The third-order valence-electron chi connectivity index (χ3n) is 1.60. The van der Waals surface area contributed by atoms with Crippen LogP contribution in [0.3, 0.4) is 0 Å². The summed E-state index contributed by atoms with van der Waals surface area (Å²) in [6, 6.07) is 8.63. The first-order valence-electron chi connectivity index (χ1n) is 4.51. The molecule has 1 aromatic carbocycles. The van der Waals surface area contributed by atoms with Crippen molar-refractivity contribution in [1.29, 1.82) is 0 Å². The molecule has 4 nitrogen and oxygen atoms in total. The van der Waals surface area contributed by atoms with Crippen molar-refractivity contribution in [3.63, 3.8) is 0 Å². The average Bonchev–Trinajstić information content (AvgIpc) is 2.27. The maximum Gasteiger partial charge on any atom is 0.368 e. The van der Waals surface area contributed by atoms with E-state index in [9.17, 15) is 9.18 Å². The van der Waals surface area contributed by atoms with Gasteiger partial charge in [0.15, 0.2) is 6.61 Å². The Balaban J connectivity index is 2.33. The van der Waals surface area contributed by atoms with E-state index in [1.165, 1.54) is 0 Å². The fourth-order valence-corrected chi connectivity index (χ4v) is 0.906. The lowest BCUT2D eigenvalue weighted by Crippen LogP contribution is -2.24. The highest BCUT2D eigenvalue weighted by atomic mass is 19.1. The second-order valence-corrected chi connectivity index (χ2v) is 2.89. The molecule has 5 heteroatoms. The number of aliphatic hydroxyl groups is 1. The maximum absolute atomic E-state index is 12.2. The first-order chi connectivity index (χ1) is 7.59. The fourth-order valence-electron chi connectivity index (χ4n) is 0.906. The number of halogens is 1. The molecule has 0 aromatic heterocycles. The van der Waals surface area contributed by atoms with Gasteiger partial charge in [-0.25, -0.2) is 4.79 Å². The number of ether oxygens (including phenoxy) is 2. The second kappa shape index (κ2) is 5.87. The Hall–Kier alpha value is -1.88. The minimum absolute atomic E-state index is 0.275. The molecule has 1 aromatic rings. The number of esters is 1. The lowest BCUT2D eigenvalue weighted by atomic mass is 10.3. The molecule has 0 bridgehead atoms. The standard InChI is InChI=1S/C11H11FO4/c1-8(12)11(14)16-10(13)7-15-9-5-3-2-4-6-9/h2-6,10,13H,1,7H2. The largest absolute Gasteiger partial charge is 0.487 e. The van der Waals surface area contributed by atoms with Crippen molar-refractivity contribution in [2.45, 2.75) is 6.29 Å². The van der Waals surface area contributed by atoms with Gasteiger partial charge in [0.2, 0.25) is 12.1 Å². The predicted octanol–water partition coefficient (Wildman–Crippen LogP) is 1.41. The molecule has 0 radical (unpaired) electrons. The van der Waals surface area contributed by atoms with E-state index in [2.05, 4.69) is 11.3 Å². The molecule has 0 amide bonds. The fraction of sp³-hybridized carbons (Fsp3) is 0.182. The normalized spacial score (nSPS) is 11.6. The summed E-state index contributed by atoms with van der Waals surface area (Å²) in [5.74, 6) is -2.06. The monoisotopic (exact) mass is 226 g/mol. The third-order valence-corrected chi connectivity index (χ3v) is 1.60. The highest BCUT2D eigenvalue weighted by Crippen LogP contribution is 2.09. The summed E-state index contributed by atoms with van der Waals surface area (Å²) in [7, 11) is 0. The van der Waals surface area contributed by atoms with Gasteiger partial charge in [0.25, 0.3) is 0 Å². The summed E-state index contributed by atoms with van der Waals surface area (Å²) >= 11 is 0. The average molecular weight is 226 g/mol. The molecule has 0 aliphatic carbocycles. The molecule has 0 heterocycles. The molecule has 0 aliphatic heterocycles. The van der Waals surface area contributed by atoms with Crippen molar-refractivity contribution in [3.05, 3.63) is 42.7 Å². The van der Waals surface area contributed by atoms with E-state index in [4.69, 9.17) is 9.84 Å². The lowest BCUT2D eigenvalue weighted by Gasteiger charge is -2.12. The van der Waals surface area contributed by atoms with Crippen molar-refractivity contribution in [3.8, 4) is 5.75 Å². The lowest BCUT2D eigenvalue weighted by molar-refractivity contribution is -0.169. The van der Waals surface area contributed by atoms with Crippen LogP contribution in [0.25, 0.3) is 0 Å². The van der Waals surface area contributed by atoms with Crippen molar-refractivity contribution < 1.29 is 23.8 Å². The zero-order valence-corrected chi connectivity index (χ0v) is 8.43. The van der Waals surface area contributed by atoms with E-state index in [1.54, 1.807) is 30.3 Å². The van der Waals surface area contributed by atoms with Gasteiger partial charge in [-0.15, -0.1) is 0 Å². The first kappa shape index (κ1) is 12.2. The van der Waals surface area contributed by atoms with Crippen LogP contribution in [-0.4, -0.2) is 24.0 Å². The highest BCUT2D eigenvalue weighted by molar-refractivity contribution is 5.85. The molecule has 0 saturated heterocycles. The van der Waals surface area contributed by atoms with Gasteiger partial charge in [0.05, 0.1) is 0 Å². The van der Waals surface area contributed by atoms with Gasteiger partial charge >= 0.3 is 5.97 Å². The van der Waals surface area contributed by atoms with Crippen LogP contribution in [-0.2, 0) is 9.53 Å². The number of hydrogen-bond donors (Lipinski definition) is 1. The first-order valence-corrected chi connectivity index (χ1v) is 4.51. The number of hydrogen-bond acceptors (Lipinski definition) is 4. The van der Waals surface area contributed by atoms with Crippen LogP contribution in [0.4, 0.5) is 4.39 Å². The topological polar surface area (TPSA) is 55.8 Å². The van der Waals surface area contributed by atoms with Gasteiger partial charge in [0.1, 0.15) is 5.75 Å². The minimum atomic E-state index is -1.53. The Labute approximate surface area is 91.9 Å². The van der Waals surface area contributed by atoms with E-state index >= 15 is 0 Å². The zero-order chi connectivity index (χ0) is 12.0. The summed E-state index contributed by atoms with van der Waals surface area (Å²) in [4.78, 5) is 10.7. The number of rotatable bonds is 5. The molecule has 16 heavy (non-hydrogen) atoms. The van der Waals surface area contributed by atoms with Crippen LogP contribution < -0.4 is 4.74 Å². The van der Waals surface area contributed by atoms with Crippen molar-refractivity contribution in [2.75, 3.05) is 6.61 Å². The zero-order valence-electron chi connectivity index (χ0n) is 8.43. The Bertz CT molecular complexity index is 364. The van der Waals surface area contributed by atoms with Crippen molar-refractivity contribution in [1.82, 2.24) is 0 Å². The van der Waals surface area contributed by atoms with Crippen LogP contribution in [0, 0.1) is 0 Å². The Morgan fingerprint density at radius 3 is 2.62 bits per heavy atom. The van der Waals surface area contributed by atoms with Crippen LogP contribution in [0.2, 0.25) is 0 Å². The summed E-state index contributed by atoms with van der Waals surface area (Å²) < 4.78 is 21.5. The van der Waals surface area contributed by atoms with Crippen LogP contribution in [0.5, 0.6) is 5.75 Å². The SMILES string of the molecule is C=C(F)C(=O)OC(O)COc1ccccc1. The van der Waals surface area contributed by atoms with Crippen molar-refractivity contribution in [2.24, 2.45) is 0 Å². The molecule has 1 atom stereocenters. The number of aliphatic hydroxyl groups excluding tert-OH is 1. The smallest absolute Gasteiger partial charge is 0.368 e. The van der Waals surface area contributed by atoms with Crippen LogP contribution in [0.15, 0.2) is 42.7 Å². The van der Waals surface area contributed by atoms with E-state index in [1.807, 2.05) is 0 Å².